The Labute approximate surface area is 115 Å². The summed E-state index contributed by atoms with van der Waals surface area (Å²) in [5, 5.41) is 3.49. The van der Waals surface area contributed by atoms with E-state index in [1.165, 1.54) is 0 Å². The van der Waals surface area contributed by atoms with Crippen LogP contribution in [0.15, 0.2) is 18.5 Å². The van der Waals surface area contributed by atoms with E-state index < -0.39 is 0 Å². The highest BCUT2D eigenvalue weighted by molar-refractivity contribution is 5.46. The average Bonchev–Trinajstić information content (AvgIpc) is 2.43. The van der Waals surface area contributed by atoms with Gasteiger partial charge in [-0.15, -0.1) is 0 Å². The molecule has 1 rings (SSSR count). The first-order chi connectivity index (χ1) is 9.29. The van der Waals surface area contributed by atoms with Gasteiger partial charge >= 0.3 is 0 Å². The van der Waals surface area contributed by atoms with Gasteiger partial charge in [0.1, 0.15) is 0 Å². The number of hydrogen-bond donors (Lipinski definition) is 2. The van der Waals surface area contributed by atoms with Gasteiger partial charge in [-0.25, -0.2) is 0 Å². The number of methoxy groups -OCH3 is 1. The summed E-state index contributed by atoms with van der Waals surface area (Å²) in [5.41, 5.74) is 7.83. The molecule has 0 aliphatic heterocycles. The van der Waals surface area contributed by atoms with E-state index in [0.717, 1.165) is 30.6 Å². The second-order valence-electron chi connectivity index (χ2n) is 4.41. The third-order valence-electron chi connectivity index (χ3n) is 2.89. The second-order valence-corrected chi connectivity index (χ2v) is 4.41. The van der Waals surface area contributed by atoms with Crippen LogP contribution in [0.4, 0.5) is 5.69 Å². The summed E-state index contributed by atoms with van der Waals surface area (Å²) in [5.74, 6) is 0. The maximum absolute atomic E-state index is 6.00. The molecular formula is C14H25N3O2. The number of aromatic nitrogens is 1. The zero-order valence-electron chi connectivity index (χ0n) is 11.9. The van der Waals surface area contributed by atoms with Gasteiger partial charge in [-0.05, 0) is 25.5 Å². The van der Waals surface area contributed by atoms with Crippen LogP contribution in [0.3, 0.4) is 0 Å². The molecule has 1 atom stereocenters. The van der Waals surface area contributed by atoms with E-state index in [1.54, 1.807) is 13.3 Å². The lowest BCUT2D eigenvalue weighted by molar-refractivity contribution is 0.0658. The van der Waals surface area contributed by atoms with Gasteiger partial charge in [0.05, 0.1) is 13.2 Å². The van der Waals surface area contributed by atoms with E-state index in [-0.39, 0.29) is 6.04 Å². The molecule has 1 aromatic heterocycles. The monoisotopic (exact) mass is 267 g/mol. The predicted molar refractivity (Wildman–Crippen MR) is 77.0 cm³/mol. The number of nitrogens with two attached hydrogens (primary N) is 1. The molecule has 0 spiro atoms. The number of hydrogen-bond acceptors (Lipinski definition) is 5. The Morgan fingerprint density at radius 2 is 2.21 bits per heavy atom. The maximum atomic E-state index is 6.00. The van der Waals surface area contributed by atoms with Crippen molar-refractivity contribution in [3.8, 4) is 0 Å². The topological polar surface area (TPSA) is 69.4 Å². The minimum absolute atomic E-state index is 0.191. The van der Waals surface area contributed by atoms with Crippen molar-refractivity contribution >= 4 is 5.69 Å². The molecule has 0 saturated heterocycles. The van der Waals surface area contributed by atoms with Gasteiger partial charge in [0.15, 0.2) is 0 Å². The molecule has 0 fully saturated rings. The Morgan fingerprint density at radius 3 is 2.89 bits per heavy atom. The van der Waals surface area contributed by atoms with Crippen LogP contribution in [0.2, 0.25) is 0 Å². The Hall–Kier alpha value is -1.17. The van der Waals surface area contributed by atoms with Crippen LogP contribution >= 0.6 is 0 Å². The Balaban J connectivity index is 2.49. The number of nitrogens with zero attached hydrogens (tertiary/aromatic N) is 1. The normalized spacial score (nSPS) is 12.5. The van der Waals surface area contributed by atoms with Gasteiger partial charge in [-0.3, -0.25) is 4.98 Å². The zero-order valence-corrected chi connectivity index (χ0v) is 11.9. The van der Waals surface area contributed by atoms with Crippen molar-refractivity contribution in [2.75, 3.05) is 39.2 Å². The highest BCUT2D eigenvalue weighted by Gasteiger charge is 2.13. The first-order valence-electron chi connectivity index (χ1n) is 6.79. The molecular weight excluding hydrogens is 242 g/mol. The van der Waals surface area contributed by atoms with Crippen LogP contribution < -0.4 is 11.1 Å². The number of ether oxygens (including phenoxy) is 2. The number of rotatable bonds is 10. The third-order valence-corrected chi connectivity index (χ3v) is 2.89. The van der Waals surface area contributed by atoms with Gasteiger partial charge in [0.2, 0.25) is 0 Å². The molecule has 0 radical (unpaired) electrons. The number of nitrogen functional groups attached to an aromatic ring is 1. The maximum Gasteiger partial charge on any atom is 0.0700 e. The third kappa shape index (κ3) is 6.00. The van der Waals surface area contributed by atoms with Crippen molar-refractivity contribution in [1.29, 1.82) is 0 Å². The smallest absolute Gasteiger partial charge is 0.0700 e. The fourth-order valence-electron chi connectivity index (χ4n) is 1.84. The lowest BCUT2D eigenvalue weighted by atomic mass is 10.0. The molecule has 0 bridgehead atoms. The molecule has 108 valence electrons. The van der Waals surface area contributed by atoms with Crippen LogP contribution in [0.1, 0.15) is 31.4 Å². The van der Waals surface area contributed by atoms with E-state index in [2.05, 4.69) is 17.2 Å². The summed E-state index contributed by atoms with van der Waals surface area (Å²) in [7, 11) is 1.67. The number of anilines is 1. The molecule has 5 heteroatoms. The van der Waals surface area contributed by atoms with E-state index >= 15 is 0 Å². The Kier molecular flexibility index (Phi) is 8.13. The van der Waals surface area contributed by atoms with Crippen LogP contribution in [0.25, 0.3) is 0 Å². The summed E-state index contributed by atoms with van der Waals surface area (Å²) >= 11 is 0. The number of pyridine rings is 1. The average molecular weight is 267 g/mol. The van der Waals surface area contributed by atoms with Crippen molar-refractivity contribution in [2.24, 2.45) is 0 Å². The molecule has 19 heavy (non-hydrogen) atoms. The molecule has 5 nitrogen and oxygen atoms in total. The van der Waals surface area contributed by atoms with E-state index in [0.29, 0.717) is 19.8 Å². The summed E-state index contributed by atoms with van der Waals surface area (Å²) < 4.78 is 10.5. The van der Waals surface area contributed by atoms with Crippen LogP contribution in [-0.2, 0) is 9.47 Å². The molecule has 0 amide bonds. The largest absolute Gasteiger partial charge is 0.398 e. The van der Waals surface area contributed by atoms with Crippen molar-refractivity contribution in [3.05, 3.63) is 24.0 Å². The van der Waals surface area contributed by atoms with Gasteiger partial charge < -0.3 is 20.5 Å². The predicted octanol–water partition coefficient (Wildman–Crippen LogP) is 1.76. The van der Waals surface area contributed by atoms with Crippen LogP contribution in [0.5, 0.6) is 0 Å². The van der Waals surface area contributed by atoms with Crippen molar-refractivity contribution in [2.45, 2.75) is 25.8 Å². The van der Waals surface area contributed by atoms with Gasteiger partial charge in [-0.2, -0.15) is 0 Å². The minimum Gasteiger partial charge on any atom is -0.398 e. The molecule has 1 aromatic rings. The van der Waals surface area contributed by atoms with Gasteiger partial charge in [0, 0.05) is 43.4 Å². The van der Waals surface area contributed by atoms with Crippen LogP contribution in [-0.4, -0.2) is 38.5 Å². The summed E-state index contributed by atoms with van der Waals surface area (Å²) in [6.07, 6.45) is 5.50. The minimum atomic E-state index is 0.191. The fraction of sp³-hybridized carbons (Fsp3) is 0.643. The molecule has 0 aromatic carbocycles. The molecule has 3 N–H and O–H groups in total. The van der Waals surface area contributed by atoms with Crippen molar-refractivity contribution in [1.82, 2.24) is 10.3 Å². The molecule has 0 aliphatic rings. The highest BCUT2D eigenvalue weighted by atomic mass is 16.5. The summed E-state index contributed by atoms with van der Waals surface area (Å²) in [4.78, 5) is 4.15. The van der Waals surface area contributed by atoms with Crippen LogP contribution in [0, 0.1) is 0 Å². The lowest BCUT2D eigenvalue weighted by Crippen LogP contribution is -2.24. The van der Waals surface area contributed by atoms with Gasteiger partial charge in [0.25, 0.3) is 0 Å². The van der Waals surface area contributed by atoms with Crippen molar-refractivity contribution in [3.63, 3.8) is 0 Å². The second kappa shape index (κ2) is 9.72. The molecule has 1 heterocycles. The SMILES string of the molecule is CCCNC(CCOCCOC)c1cnccc1N. The highest BCUT2D eigenvalue weighted by Crippen LogP contribution is 2.21. The lowest BCUT2D eigenvalue weighted by Gasteiger charge is -2.20. The standard InChI is InChI=1S/C14H25N3O2/c1-3-6-17-14(5-8-19-10-9-18-2)12-11-16-7-4-13(12)15/h4,7,11,14,17H,3,5-6,8-10H2,1-2H3,(H2,15,16). The fourth-order valence-corrected chi connectivity index (χ4v) is 1.84. The quantitative estimate of drug-likeness (QED) is 0.632. The molecule has 1 unspecified atom stereocenters. The Morgan fingerprint density at radius 1 is 1.37 bits per heavy atom. The zero-order chi connectivity index (χ0) is 13.9. The molecule has 0 aliphatic carbocycles. The number of nitrogens with one attached hydrogen (secondary N) is 1. The summed E-state index contributed by atoms with van der Waals surface area (Å²) in [6, 6.07) is 2.03. The first kappa shape index (κ1) is 15.9. The van der Waals surface area contributed by atoms with Gasteiger partial charge in [-0.1, -0.05) is 6.92 Å². The Bertz CT molecular complexity index is 347. The van der Waals surface area contributed by atoms with E-state index in [1.807, 2.05) is 12.3 Å². The van der Waals surface area contributed by atoms with Crippen molar-refractivity contribution < 1.29 is 9.47 Å². The van der Waals surface area contributed by atoms with E-state index in [9.17, 15) is 0 Å². The summed E-state index contributed by atoms with van der Waals surface area (Å²) in [6.45, 7) is 5.03. The first-order valence-corrected chi connectivity index (χ1v) is 6.79. The molecule has 0 saturated carbocycles. The van der Waals surface area contributed by atoms with E-state index in [4.69, 9.17) is 15.2 Å².